The Hall–Kier alpha value is -1.57. The number of hydrogen-bond acceptors (Lipinski definition) is 7. The van der Waals surface area contributed by atoms with Gasteiger partial charge in [0.25, 0.3) is 0 Å². The van der Waals surface area contributed by atoms with Crippen molar-refractivity contribution < 1.29 is 9.90 Å². The molecule has 0 unspecified atom stereocenters. The highest BCUT2D eigenvalue weighted by molar-refractivity contribution is 7.98. The van der Waals surface area contributed by atoms with Crippen molar-refractivity contribution in [2.24, 2.45) is 0 Å². The summed E-state index contributed by atoms with van der Waals surface area (Å²) in [7, 11) is 0. The van der Waals surface area contributed by atoms with Crippen molar-refractivity contribution in [1.82, 2.24) is 15.0 Å². The van der Waals surface area contributed by atoms with Gasteiger partial charge in [-0.3, -0.25) is 4.79 Å². The normalized spacial score (nSPS) is 14.2. The minimum atomic E-state index is -0.793. The van der Waals surface area contributed by atoms with Crippen LogP contribution in [0.25, 0.3) is 0 Å². The Balaban J connectivity index is 1.91. The van der Waals surface area contributed by atoms with Crippen LogP contribution in [0.4, 0.5) is 11.9 Å². The molecular formula is C11H17N5O2S. The Bertz CT molecular complexity index is 453. The third-order valence-electron chi connectivity index (χ3n) is 2.56. The molecule has 0 saturated heterocycles. The smallest absolute Gasteiger partial charge is 0.303 e. The molecule has 0 bridgehead atoms. The highest BCUT2D eigenvalue weighted by Gasteiger charge is 2.22. The average molecular weight is 283 g/mol. The van der Waals surface area contributed by atoms with E-state index in [1.54, 1.807) is 0 Å². The van der Waals surface area contributed by atoms with E-state index in [4.69, 9.17) is 5.11 Å². The summed E-state index contributed by atoms with van der Waals surface area (Å²) in [6, 6.07) is 0.483. The van der Waals surface area contributed by atoms with Crippen LogP contribution in [-0.4, -0.2) is 44.9 Å². The molecule has 1 saturated carbocycles. The van der Waals surface area contributed by atoms with E-state index in [0.717, 1.165) is 12.8 Å². The van der Waals surface area contributed by atoms with Gasteiger partial charge < -0.3 is 15.7 Å². The topological polar surface area (TPSA) is 100 Å². The van der Waals surface area contributed by atoms with Gasteiger partial charge in [0.1, 0.15) is 0 Å². The van der Waals surface area contributed by atoms with E-state index < -0.39 is 5.97 Å². The molecule has 0 aromatic carbocycles. The summed E-state index contributed by atoms with van der Waals surface area (Å²) < 4.78 is 0. The highest BCUT2D eigenvalue weighted by atomic mass is 32.2. The Morgan fingerprint density at radius 3 is 2.74 bits per heavy atom. The van der Waals surface area contributed by atoms with Crippen molar-refractivity contribution in [3.05, 3.63) is 0 Å². The number of carbonyl (C=O) groups is 1. The van der Waals surface area contributed by atoms with Crippen LogP contribution in [0.15, 0.2) is 5.16 Å². The zero-order valence-corrected chi connectivity index (χ0v) is 11.5. The standard InChI is InChI=1S/C11H17N5O2S/c1-19-11-15-9(12-6-2-3-8(17)18)14-10(16-11)13-7-4-5-7/h7H,2-6H2,1H3,(H,17,18)(H2,12,13,14,15,16). The van der Waals surface area contributed by atoms with Crippen LogP contribution in [0.1, 0.15) is 25.7 Å². The Morgan fingerprint density at radius 1 is 1.37 bits per heavy atom. The van der Waals surface area contributed by atoms with Gasteiger partial charge >= 0.3 is 5.97 Å². The van der Waals surface area contributed by atoms with Crippen LogP contribution < -0.4 is 10.6 Å². The van der Waals surface area contributed by atoms with Crippen LogP contribution in [0.2, 0.25) is 0 Å². The molecule has 1 fully saturated rings. The van der Waals surface area contributed by atoms with E-state index in [9.17, 15) is 4.79 Å². The van der Waals surface area contributed by atoms with Gasteiger partial charge in [-0.25, -0.2) is 0 Å². The van der Waals surface area contributed by atoms with E-state index in [2.05, 4.69) is 25.6 Å². The second-order valence-corrected chi connectivity index (χ2v) is 5.09. The molecule has 7 nitrogen and oxygen atoms in total. The molecule has 19 heavy (non-hydrogen) atoms. The molecule has 0 atom stereocenters. The molecule has 0 radical (unpaired) electrons. The van der Waals surface area contributed by atoms with Crippen LogP contribution in [0.5, 0.6) is 0 Å². The SMILES string of the molecule is CSc1nc(NCCCC(=O)O)nc(NC2CC2)n1. The molecule has 1 heterocycles. The van der Waals surface area contributed by atoms with Crippen LogP contribution in [-0.2, 0) is 4.79 Å². The number of hydrogen-bond donors (Lipinski definition) is 3. The third-order valence-corrected chi connectivity index (χ3v) is 3.11. The van der Waals surface area contributed by atoms with Crippen molar-refractivity contribution in [3.8, 4) is 0 Å². The Morgan fingerprint density at radius 2 is 2.11 bits per heavy atom. The summed E-state index contributed by atoms with van der Waals surface area (Å²) in [5.41, 5.74) is 0. The molecule has 104 valence electrons. The first-order valence-corrected chi connectivity index (χ1v) is 7.42. The summed E-state index contributed by atoms with van der Waals surface area (Å²) in [5.74, 6) is 0.286. The number of anilines is 2. The molecule has 0 amide bonds. The molecule has 2 rings (SSSR count). The van der Waals surface area contributed by atoms with Gasteiger partial charge in [0.15, 0.2) is 5.16 Å². The molecule has 1 aromatic heterocycles. The van der Waals surface area contributed by atoms with Gasteiger partial charge in [0.2, 0.25) is 11.9 Å². The van der Waals surface area contributed by atoms with Crippen LogP contribution >= 0.6 is 11.8 Å². The first-order valence-electron chi connectivity index (χ1n) is 6.19. The molecule has 0 aliphatic heterocycles. The summed E-state index contributed by atoms with van der Waals surface area (Å²) in [6.45, 7) is 0.535. The minimum Gasteiger partial charge on any atom is -0.481 e. The Labute approximate surface area is 115 Å². The van der Waals surface area contributed by atoms with Gasteiger partial charge in [0, 0.05) is 19.0 Å². The maximum Gasteiger partial charge on any atom is 0.303 e. The largest absolute Gasteiger partial charge is 0.481 e. The number of carboxylic acid groups (broad SMARTS) is 1. The summed E-state index contributed by atoms with van der Waals surface area (Å²) in [5, 5.41) is 15.5. The van der Waals surface area contributed by atoms with Gasteiger partial charge in [-0.15, -0.1) is 0 Å². The lowest BCUT2D eigenvalue weighted by atomic mass is 10.3. The second-order valence-electron chi connectivity index (χ2n) is 4.31. The zero-order valence-electron chi connectivity index (χ0n) is 10.7. The van der Waals surface area contributed by atoms with Crippen LogP contribution in [0.3, 0.4) is 0 Å². The van der Waals surface area contributed by atoms with Crippen molar-refractivity contribution in [3.63, 3.8) is 0 Å². The number of aromatic nitrogens is 3. The number of aliphatic carboxylic acids is 1. The van der Waals surface area contributed by atoms with Crippen molar-refractivity contribution in [1.29, 1.82) is 0 Å². The molecule has 0 spiro atoms. The summed E-state index contributed by atoms with van der Waals surface area (Å²) in [6.07, 6.45) is 4.90. The van der Waals surface area contributed by atoms with Crippen molar-refractivity contribution in [2.75, 3.05) is 23.4 Å². The molecule has 8 heteroatoms. The number of carboxylic acids is 1. The van der Waals surface area contributed by atoms with Crippen molar-refractivity contribution in [2.45, 2.75) is 36.9 Å². The molecule has 3 N–H and O–H groups in total. The minimum absolute atomic E-state index is 0.140. The van der Waals surface area contributed by atoms with E-state index in [-0.39, 0.29) is 6.42 Å². The fourth-order valence-electron chi connectivity index (χ4n) is 1.44. The first kappa shape index (κ1) is 13.9. The Kier molecular flexibility index (Phi) is 4.78. The molecule has 1 aliphatic carbocycles. The molecule has 1 aliphatic rings. The average Bonchev–Trinajstić information content (AvgIpc) is 3.18. The maximum atomic E-state index is 10.4. The number of thioether (sulfide) groups is 1. The second kappa shape index (κ2) is 6.55. The zero-order chi connectivity index (χ0) is 13.7. The lowest BCUT2D eigenvalue weighted by Gasteiger charge is -2.08. The lowest BCUT2D eigenvalue weighted by Crippen LogP contribution is -2.12. The number of nitrogens with zero attached hydrogens (tertiary/aromatic N) is 3. The fourth-order valence-corrected chi connectivity index (χ4v) is 1.80. The third kappa shape index (κ3) is 4.90. The first-order chi connectivity index (χ1) is 9.17. The summed E-state index contributed by atoms with van der Waals surface area (Å²) in [4.78, 5) is 23.2. The van der Waals surface area contributed by atoms with Gasteiger partial charge in [-0.2, -0.15) is 15.0 Å². The lowest BCUT2D eigenvalue weighted by molar-refractivity contribution is -0.137. The van der Waals surface area contributed by atoms with Gasteiger partial charge in [-0.05, 0) is 25.5 Å². The monoisotopic (exact) mass is 283 g/mol. The maximum absolute atomic E-state index is 10.4. The quantitative estimate of drug-likeness (QED) is 0.487. The highest BCUT2D eigenvalue weighted by Crippen LogP contribution is 2.24. The van der Waals surface area contributed by atoms with E-state index >= 15 is 0 Å². The summed E-state index contributed by atoms with van der Waals surface area (Å²) >= 11 is 1.45. The van der Waals surface area contributed by atoms with E-state index in [1.165, 1.54) is 11.8 Å². The molecular weight excluding hydrogens is 266 g/mol. The fraction of sp³-hybridized carbons (Fsp3) is 0.636. The van der Waals surface area contributed by atoms with E-state index in [1.807, 2.05) is 6.26 Å². The van der Waals surface area contributed by atoms with Crippen molar-refractivity contribution >= 4 is 29.6 Å². The van der Waals surface area contributed by atoms with Crippen LogP contribution in [0, 0.1) is 0 Å². The predicted octanol–water partition coefficient (Wildman–Crippen LogP) is 1.44. The number of nitrogens with one attached hydrogen (secondary N) is 2. The van der Waals surface area contributed by atoms with Gasteiger partial charge in [-0.1, -0.05) is 11.8 Å². The molecule has 1 aromatic rings. The van der Waals surface area contributed by atoms with E-state index in [0.29, 0.717) is 36.1 Å². The van der Waals surface area contributed by atoms with Gasteiger partial charge in [0.05, 0.1) is 0 Å². The predicted molar refractivity (Wildman–Crippen MR) is 73.6 cm³/mol. The number of rotatable bonds is 8.